The van der Waals surface area contributed by atoms with Crippen LogP contribution in [0, 0.1) is 5.92 Å². The summed E-state index contributed by atoms with van der Waals surface area (Å²) in [4.78, 5) is 28.9. The van der Waals surface area contributed by atoms with E-state index in [0.717, 1.165) is 12.8 Å². The van der Waals surface area contributed by atoms with E-state index in [4.69, 9.17) is 9.84 Å². The van der Waals surface area contributed by atoms with Crippen LogP contribution in [0.25, 0.3) is 0 Å². The Bertz CT molecular complexity index is 506. The molecule has 1 aromatic rings. The Kier molecular flexibility index (Phi) is 5.75. The molecule has 6 nitrogen and oxygen atoms in total. The number of carboxylic acid groups (broad SMARTS) is 1. The number of ether oxygens (including phenoxy) is 1. The van der Waals surface area contributed by atoms with E-state index in [2.05, 4.69) is 4.98 Å². The minimum atomic E-state index is -0.781. The normalized spacial score (nSPS) is 19.5. The molecule has 2 rings (SSSR count). The van der Waals surface area contributed by atoms with E-state index in [1.807, 2.05) is 0 Å². The van der Waals surface area contributed by atoms with E-state index in [9.17, 15) is 9.59 Å². The molecule has 6 heteroatoms. The Balaban J connectivity index is 1.86. The van der Waals surface area contributed by atoms with Crippen LogP contribution in [0.5, 0.6) is 5.75 Å². The number of hydrogen-bond donors (Lipinski definition) is 1. The van der Waals surface area contributed by atoms with Crippen LogP contribution in [0.1, 0.15) is 32.6 Å². The maximum atomic E-state index is 12.5. The van der Waals surface area contributed by atoms with Gasteiger partial charge >= 0.3 is 5.97 Å². The third-order valence-electron chi connectivity index (χ3n) is 3.89. The molecule has 0 bridgehead atoms. The van der Waals surface area contributed by atoms with Crippen molar-refractivity contribution in [3.05, 3.63) is 24.5 Å². The highest BCUT2D eigenvalue weighted by molar-refractivity contribution is 5.81. The Labute approximate surface area is 130 Å². The molecule has 120 valence electrons. The van der Waals surface area contributed by atoms with E-state index >= 15 is 0 Å². The van der Waals surface area contributed by atoms with Crippen LogP contribution in [0.2, 0.25) is 0 Å². The number of likely N-dealkylation sites (tertiary alicyclic amines) is 1. The van der Waals surface area contributed by atoms with E-state index in [1.54, 1.807) is 36.4 Å². The van der Waals surface area contributed by atoms with Crippen LogP contribution in [-0.4, -0.2) is 46.1 Å². The van der Waals surface area contributed by atoms with Crippen LogP contribution in [0.4, 0.5) is 0 Å². The maximum Gasteiger partial charge on any atom is 0.303 e. The monoisotopic (exact) mass is 306 g/mol. The fourth-order valence-corrected chi connectivity index (χ4v) is 2.76. The Morgan fingerprint density at radius 2 is 2.36 bits per heavy atom. The molecule has 0 aromatic carbocycles. The molecule has 1 aromatic heterocycles. The second-order valence-electron chi connectivity index (χ2n) is 5.67. The van der Waals surface area contributed by atoms with Crippen molar-refractivity contribution in [3.63, 3.8) is 0 Å². The predicted molar refractivity (Wildman–Crippen MR) is 80.5 cm³/mol. The first-order chi connectivity index (χ1) is 10.6. The smallest absolute Gasteiger partial charge is 0.303 e. The van der Waals surface area contributed by atoms with Crippen molar-refractivity contribution in [1.29, 1.82) is 0 Å². The third kappa shape index (κ3) is 4.72. The second kappa shape index (κ2) is 7.77. The van der Waals surface area contributed by atoms with Gasteiger partial charge in [0.2, 0.25) is 0 Å². The first-order valence-electron chi connectivity index (χ1n) is 7.63. The van der Waals surface area contributed by atoms with Gasteiger partial charge in [-0.05, 0) is 44.2 Å². The average molecular weight is 306 g/mol. The maximum absolute atomic E-state index is 12.5. The molecule has 2 unspecified atom stereocenters. The quantitative estimate of drug-likeness (QED) is 0.869. The lowest BCUT2D eigenvalue weighted by molar-refractivity contribution is -0.140. The lowest BCUT2D eigenvalue weighted by Crippen LogP contribution is -2.45. The van der Waals surface area contributed by atoms with Gasteiger partial charge in [0.15, 0.2) is 6.10 Å². The van der Waals surface area contributed by atoms with Gasteiger partial charge in [0.05, 0.1) is 6.20 Å². The van der Waals surface area contributed by atoms with Crippen molar-refractivity contribution >= 4 is 11.9 Å². The molecular weight excluding hydrogens is 284 g/mol. The van der Waals surface area contributed by atoms with Crippen molar-refractivity contribution in [3.8, 4) is 5.75 Å². The number of aromatic nitrogens is 1. The summed E-state index contributed by atoms with van der Waals surface area (Å²) in [6, 6.07) is 3.53. The number of hydrogen-bond acceptors (Lipinski definition) is 4. The lowest BCUT2D eigenvalue weighted by Gasteiger charge is -2.34. The zero-order chi connectivity index (χ0) is 15.9. The van der Waals surface area contributed by atoms with Gasteiger partial charge in [-0.2, -0.15) is 0 Å². The van der Waals surface area contributed by atoms with Crippen LogP contribution < -0.4 is 4.74 Å². The summed E-state index contributed by atoms with van der Waals surface area (Å²) in [5, 5.41) is 8.77. The van der Waals surface area contributed by atoms with Crippen LogP contribution >= 0.6 is 0 Å². The zero-order valence-corrected chi connectivity index (χ0v) is 12.8. The SMILES string of the molecule is CC(Oc1cccnc1)C(=O)N1CCCC(CCC(=O)O)C1. The number of carboxylic acids is 1. The number of carbonyl (C=O) groups excluding carboxylic acids is 1. The number of piperidine rings is 1. The molecule has 0 radical (unpaired) electrons. The lowest BCUT2D eigenvalue weighted by atomic mass is 9.93. The summed E-state index contributed by atoms with van der Waals surface area (Å²) in [5.41, 5.74) is 0. The van der Waals surface area contributed by atoms with E-state index in [0.29, 0.717) is 25.3 Å². The van der Waals surface area contributed by atoms with Crippen molar-refractivity contribution in [1.82, 2.24) is 9.88 Å². The van der Waals surface area contributed by atoms with Gasteiger partial charge < -0.3 is 14.7 Å². The molecule has 1 amide bonds. The fraction of sp³-hybridized carbons (Fsp3) is 0.562. The highest BCUT2D eigenvalue weighted by atomic mass is 16.5. The van der Waals surface area contributed by atoms with Crippen LogP contribution in [-0.2, 0) is 9.59 Å². The van der Waals surface area contributed by atoms with Gasteiger partial charge in [-0.3, -0.25) is 14.6 Å². The second-order valence-corrected chi connectivity index (χ2v) is 5.67. The summed E-state index contributed by atoms with van der Waals surface area (Å²) in [7, 11) is 0. The molecule has 0 aliphatic carbocycles. The summed E-state index contributed by atoms with van der Waals surface area (Å²) in [5.74, 6) is 0.00258. The molecular formula is C16H22N2O4. The van der Waals surface area contributed by atoms with Crippen molar-refractivity contribution in [2.24, 2.45) is 5.92 Å². The van der Waals surface area contributed by atoms with Crippen LogP contribution in [0.15, 0.2) is 24.5 Å². The molecule has 2 atom stereocenters. The minimum absolute atomic E-state index is 0.0520. The highest BCUT2D eigenvalue weighted by Crippen LogP contribution is 2.22. The van der Waals surface area contributed by atoms with E-state index in [-0.39, 0.29) is 18.2 Å². The van der Waals surface area contributed by atoms with Gasteiger partial charge in [-0.25, -0.2) is 0 Å². The van der Waals surface area contributed by atoms with E-state index < -0.39 is 12.1 Å². The van der Waals surface area contributed by atoms with Crippen molar-refractivity contribution < 1.29 is 19.4 Å². The van der Waals surface area contributed by atoms with Crippen molar-refractivity contribution in [2.75, 3.05) is 13.1 Å². The molecule has 0 saturated carbocycles. The van der Waals surface area contributed by atoms with Gasteiger partial charge in [-0.15, -0.1) is 0 Å². The molecule has 1 saturated heterocycles. The molecule has 1 fully saturated rings. The number of aliphatic carboxylic acids is 1. The first kappa shape index (κ1) is 16.3. The third-order valence-corrected chi connectivity index (χ3v) is 3.89. The van der Waals surface area contributed by atoms with Gasteiger partial charge in [0, 0.05) is 25.7 Å². The summed E-state index contributed by atoms with van der Waals surface area (Å²) in [6.07, 6.45) is 5.34. The van der Waals surface area contributed by atoms with Gasteiger partial charge in [0.25, 0.3) is 5.91 Å². The average Bonchev–Trinajstić information content (AvgIpc) is 2.53. The van der Waals surface area contributed by atoms with Gasteiger partial charge in [0.1, 0.15) is 5.75 Å². The number of rotatable bonds is 6. The fourth-order valence-electron chi connectivity index (χ4n) is 2.76. The predicted octanol–water partition coefficient (Wildman–Crippen LogP) is 1.95. The Morgan fingerprint density at radius 3 is 3.05 bits per heavy atom. The van der Waals surface area contributed by atoms with Gasteiger partial charge in [-0.1, -0.05) is 0 Å². The van der Waals surface area contributed by atoms with Crippen LogP contribution in [0.3, 0.4) is 0 Å². The largest absolute Gasteiger partial charge is 0.481 e. The standard InChI is InChI=1S/C16H22N2O4/c1-12(22-14-5-2-8-17-10-14)16(21)18-9-3-4-13(11-18)6-7-15(19)20/h2,5,8,10,12-13H,3-4,6-7,9,11H2,1H3,(H,19,20). The Morgan fingerprint density at radius 1 is 1.55 bits per heavy atom. The minimum Gasteiger partial charge on any atom is -0.481 e. The summed E-state index contributed by atoms with van der Waals surface area (Å²) in [6.45, 7) is 3.06. The summed E-state index contributed by atoms with van der Waals surface area (Å²) < 4.78 is 5.61. The molecule has 0 spiro atoms. The number of nitrogens with zero attached hydrogens (tertiary/aromatic N) is 2. The number of amides is 1. The molecule has 1 N–H and O–H groups in total. The zero-order valence-electron chi connectivity index (χ0n) is 12.8. The molecule has 22 heavy (non-hydrogen) atoms. The topological polar surface area (TPSA) is 79.7 Å². The number of pyridine rings is 1. The highest BCUT2D eigenvalue weighted by Gasteiger charge is 2.28. The summed E-state index contributed by atoms with van der Waals surface area (Å²) >= 11 is 0. The van der Waals surface area contributed by atoms with Crippen molar-refractivity contribution in [2.45, 2.75) is 38.7 Å². The number of carbonyl (C=O) groups is 2. The molecule has 1 aliphatic rings. The van der Waals surface area contributed by atoms with E-state index in [1.165, 1.54) is 0 Å². The first-order valence-corrected chi connectivity index (χ1v) is 7.63. The Hall–Kier alpha value is -2.11. The molecule has 2 heterocycles. The molecule has 1 aliphatic heterocycles.